The molecule has 0 bridgehead atoms. The number of allylic oxidation sites excluding steroid dienone is 1. The molecular weight excluding hydrogens is 300 g/mol. The molecule has 0 amide bonds. The SMILES string of the molecule is CC(=O)O[C@@H](/C=C1/C=CC(=O)O1)[C@H](OC(C)=O)c1ccccc1. The first-order chi connectivity index (χ1) is 11.0. The van der Waals surface area contributed by atoms with E-state index in [0.29, 0.717) is 5.56 Å². The first kappa shape index (κ1) is 16.5. The summed E-state index contributed by atoms with van der Waals surface area (Å²) in [5.41, 5.74) is 0.652. The predicted octanol–water partition coefficient (Wildman–Crippen LogP) is 2.22. The number of cyclic esters (lactones) is 1. The van der Waals surface area contributed by atoms with E-state index >= 15 is 0 Å². The second-order valence-corrected chi connectivity index (χ2v) is 4.84. The van der Waals surface area contributed by atoms with Gasteiger partial charge in [-0.2, -0.15) is 0 Å². The molecule has 1 aliphatic rings. The lowest BCUT2D eigenvalue weighted by Gasteiger charge is -2.24. The summed E-state index contributed by atoms with van der Waals surface area (Å²) in [6.45, 7) is 2.52. The van der Waals surface area contributed by atoms with Gasteiger partial charge in [0.1, 0.15) is 5.76 Å². The van der Waals surface area contributed by atoms with Gasteiger partial charge < -0.3 is 14.2 Å². The van der Waals surface area contributed by atoms with Crippen LogP contribution in [0.1, 0.15) is 25.5 Å². The number of ether oxygens (including phenoxy) is 3. The largest absolute Gasteiger partial charge is 0.454 e. The highest BCUT2D eigenvalue weighted by atomic mass is 16.6. The van der Waals surface area contributed by atoms with E-state index in [1.807, 2.05) is 6.07 Å². The van der Waals surface area contributed by atoms with Gasteiger partial charge in [0, 0.05) is 26.0 Å². The smallest absolute Gasteiger partial charge is 0.336 e. The third-order valence-corrected chi connectivity index (χ3v) is 2.95. The molecular formula is C17H16O6. The number of hydrogen-bond acceptors (Lipinski definition) is 6. The minimum absolute atomic E-state index is 0.231. The van der Waals surface area contributed by atoms with Crippen molar-refractivity contribution in [3.05, 3.63) is 59.9 Å². The van der Waals surface area contributed by atoms with E-state index in [-0.39, 0.29) is 5.76 Å². The van der Waals surface area contributed by atoms with E-state index in [1.54, 1.807) is 24.3 Å². The Morgan fingerprint density at radius 3 is 2.22 bits per heavy atom. The number of rotatable bonds is 5. The van der Waals surface area contributed by atoms with Gasteiger partial charge >= 0.3 is 17.9 Å². The number of esters is 3. The molecule has 23 heavy (non-hydrogen) atoms. The van der Waals surface area contributed by atoms with Crippen LogP contribution in [0.25, 0.3) is 0 Å². The Balaban J connectivity index is 2.35. The van der Waals surface area contributed by atoms with Crippen LogP contribution in [-0.4, -0.2) is 24.0 Å². The molecule has 0 saturated heterocycles. The highest BCUT2D eigenvalue weighted by molar-refractivity contribution is 5.86. The first-order valence-corrected chi connectivity index (χ1v) is 6.97. The highest BCUT2D eigenvalue weighted by Crippen LogP contribution is 2.27. The normalized spacial score (nSPS) is 17.5. The van der Waals surface area contributed by atoms with E-state index < -0.39 is 30.1 Å². The van der Waals surface area contributed by atoms with E-state index in [0.717, 1.165) is 0 Å². The van der Waals surface area contributed by atoms with Gasteiger partial charge in [-0.15, -0.1) is 0 Å². The van der Waals surface area contributed by atoms with E-state index in [4.69, 9.17) is 14.2 Å². The molecule has 1 aliphatic heterocycles. The van der Waals surface area contributed by atoms with E-state index in [9.17, 15) is 14.4 Å². The maximum absolute atomic E-state index is 11.4. The minimum Gasteiger partial charge on any atom is -0.454 e. The topological polar surface area (TPSA) is 78.9 Å². The zero-order valence-corrected chi connectivity index (χ0v) is 12.7. The van der Waals surface area contributed by atoms with Crippen LogP contribution in [0.5, 0.6) is 0 Å². The zero-order valence-electron chi connectivity index (χ0n) is 12.7. The standard InChI is InChI=1S/C17H16O6/c1-11(18)21-15(10-14-8-9-16(20)23-14)17(22-12(2)19)13-6-4-3-5-7-13/h3-10,15,17H,1-2H3/b14-10-/t15-,17+/m0/s1. The van der Waals surface area contributed by atoms with Crippen LogP contribution in [-0.2, 0) is 28.6 Å². The van der Waals surface area contributed by atoms with Crippen LogP contribution >= 0.6 is 0 Å². The van der Waals surface area contributed by atoms with Gasteiger partial charge in [0.15, 0.2) is 12.2 Å². The van der Waals surface area contributed by atoms with Gasteiger partial charge in [-0.3, -0.25) is 9.59 Å². The molecule has 1 heterocycles. The first-order valence-electron chi connectivity index (χ1n) is 6.97. The van der Waals surface area contributed by atoms with Gasteiger partial charge in [-0.25, -0.2) is 4.79 Å². The minimum atomic E-state index is -0.927. The highest BCUT2D eigenvalue weighted by Gasteiger charge is 2.28. The second-order valence-electron chi connectivity index (χ2n) is 4.84. The summed E-state index contributed by atoms with van der Waals surface area (Å²) in [6.07, 6.45) is 2.36. The van der Waals surface area contributed by atoms with Crippen LogP contribution in [0.4, 0.5) is 0 Å². The lowest BCUT2D eigenvalue weighted by molar-refractivity contribution is -0.162. The van der Waals surface area contributed by atoms with E-state index in [2.05, 4.69) is 0 Å². The summed E-state index contributed by atoms with van der Waals surface area (Å²) in [5.74, 6) is -1.35. The van der Waals surface area contributed by atoms with Crippen molar-refractivity contribution in [3.8, 4) is 0 Å². The van der Waals surface area contributed by atoms with Crippen LogP contribution in [0.2, 0.25) is 0 Å². The Morgan fingerprint density at radius 2 is 1.70 bits per heavy atom. The fraction of sp³-hybridized carbons (Fsp3) is 0.235. The van der Waals surface area contributed by atoms with Crippen molar-refractivity contribution in [2.75, 3.05) is 0 Å². The second kappa shape index (κ2) is 7.40. The number of hydrogen-bond donors (Lipinski definition) is 0. The van der Waals surface area contributed by atoms with Crippen molar-refractivity contribution in [1.29, 1.82) is 0 Å². The van der Waals surface area contributed by atoms with Crippen molar-refractivity contribution in [2.45, 2.75) is 26.1 Å². The molecule has 0 saturated carbocycles. The van der Waals surface area contributed by atoms with Crippen LogP contribution < -0.4 is 0 Å². The monoisotopic (exact) mass is 316 g/mol. The lowest BCUT2D eigenvalue weighted by atomic mass is 10.0. The third kappa shape index (κ3) is 4.81. The number of carbonyl (C=O) groups excluding carboxylic acids is 3. The summed E-state index contributed by atoms with van der Waals surface area (Å²) in [5, 5.41) is 0. The maximum atomic E-state index is 11.4. The molecule has 0 radical (unpaired) electrons. The number of carbonyl (C=O) groups is 3. The molecule has 1 aromatic carbocycles. The molecule has 0 aromatic heterocycles. The van der Waals surface area contributed by atoms with E-state index in [1.165, 1.54) is 32.1 Å². The summed E-state index contributed by atoms with van der Waals surface area (Å²) in [4.78, 5) is 34.0. The number of benzene rings is 1. The Labute approximate surface area is 133 Å². The molecule has 2 atom stereocenters. The van der Waals surface area contributed by atoms with Crippen LogP contribution in [0.3, 0.4) is 0 Å². The maximum Gasteiger partial charge on any atom is 0.336 e. The zero-order chi connectivity index (χ0) is 16.8. The summed E-state index contributed by atoms with van der Waals surface area (Å²) in [6, 6.07) is 8.87. The third-order valence-electron chi connectivity index (χ3n) is 2.95. The Morgan fingerprint density at radius 1 is 1.04 bits per heavy atom. The molecule has 0 unspecified atom stereocenters. The Kier molecular flexibility index (Phi) is 5.30. The van der Waals surface area contributed by atoms with Crippen molar-refractivity contribution in [1.82, 2.24) is 0 Å². The fourth-order valence-corrected chi connectivity index (χ4v) is 2.11. The average Bonchev–Trinajstić information content (AvgIpc) is 2.89. The molecule has 0 N–H and O–H groups in total. The van der Waals surface area contributed by atoms with Crippen molar-refractivity contribution in [3.63, 3.8) is 0 Å². The predicted molar refractivity (Wildman–Crippen MR) is 79.8 cm³/mol. The molecule has 0 fully saturated rings. The lowest BCUT2D eigenvalue weighted by Crippen LogP contribution is -2.27. The average molecular weight is 316 g/mol. The van der Waals surface area contributed by atoms with Gasteiger partial charge in [-0.1, -0.05) is 30.3 Å². The molecule has 120 valence electrons. The van der Waals surface area contributed by atoms with Crippen molar-refractivity contribution >= 4 is 17.9 Å². The quantitative estimate of drug-likeness (QED) is 0.612. The molecule has 0 spiro atoms. The van der Waals surface area contributed by atoms with Gasteiger partial charge in [-0.05, 0) is 11.6 Å². The molecule has 6 nitrogen and oxygen atoms in total. The summed E-state index contributed by atoms with van der Waals surface area (Å²) >= 11 is 0. The Bertz CT molecular complexity index is 659. The van der Waals surface area contributed by atoms with Crippen LogP contribution in [0, 0.1) is 0 Å². The molecule has 6 heteroatoms. The van der Waals surface area contributed by atoms with Gasteiger partial charge in [0.25, 0.3) is 0 Å². The van der Waals surface area contributed by atoms with Crippen molar-refractivity contribution < 1.29 is 28.6 Å². The molecule has 2 rings (SSSR count). The summed E-state index contributed by atoms with van der Waals surface area (Å²) in [7, 11) is 0. The molecule has 0 aliphatic carbocycles. The van der Waals surface area contributed by atoms with Crippen molar-refractivity contribution in [2.24, 2.45) is 0 Å². The molecule has 1 aromatic rings. The van der Waals surface area contributed by atoms with Gasteiger partial charge in [0.2, 0.25) is 0 Å². The summed E-state index contributed by atoms with van der Waals surface area (Å²) < 4.78 is 15.5. The van der Waals surface area contributed by atoms with Crippen LogP contribution in [0.15, 0.2) is 54.3 Å². The van der Waals surface area contributed by atoms with Gasteiger partial charge in [0.05, 0.1) is 0 Å². The Hall–Kier alpha value is -2.89. The fourth-order valence-electron chi connectivity index (χ4n) is 2.11.